The Hall–Kier alpha value is -1.39. The highest BCUT2D eigenvalue weighted by Crippen LogP contribution is 2.16. The van der Waals surface area contributed by atoms with Crippen molar-refractivity contribution in [2.24, 2.45) is 0 Å². The zero-order chi connectivity index (χ0) is 12.1. The Morgan fingerprint density at radius 3 is 2.94 bits per heavy atom. The van der Waals surface area contributed by atoms with Crippen LogP contribution < -0.4 is 10.6 Å². The van der Waals surface area contributed by atoms with Gasteiger partial charge in [-0.15, -0.1) is 0 Å². The molecule has 1 aromatic carbocycles. The van der Waals surface area contributed by atoms with Gasteiger partial charge in [-0.05, 0) is 24.0 Å². The Kier molecular flexibility index (Phi) is 4.12. The fraction of sp³-hybridized carbons (Fsp3) is 0.462. The van der Waals surface area contributed by atoms with Crippen molar-refractivity contribution in [1.82, 2.24) is 10.6 Å². The van der Waals surface area contributed by atoms with Crippen LogP contribution in [0.2, 0.25) is 0 Å². The molecule has 1 aliphatic heterocycles. The summed E-state index contributed by atoms with van der Waals surface area (Å²) in [5, 5.41) is 14.7. The number of hydrogen-bond donors (Lipinski definition) is 3. The van der Waals surface area contributed by atoms with Crippen molar-refractivity contribution < 1.29 is 9.90 Å². The monoisotopic (exact) mass is 234 g/mol. The number of aliphatic hydroxyl groups excluding tert-OH is 1. The van der Waals surface area contributed by atoms with Gasteiger partial charge in [0.2, 0.25) is 5.91 Å². The first-order valence-electron chi connectivity index (χ1n) is 6.00. The molecule has 3 N–H and O–H groups in total. The first-order chi connectivity index (χ1) is 8.31. The Labute approximate surface area is 101 Å². The Balaban J connectivity index is 1.91. The molecule has 0 radical (unpaired) electrons. The van der Waals surface area contributed by atoms with Crippen molar-refractivity contribution in [2.75, 3.05) is 13.2 Å². The van der Waals surface area contributed by atoms with Crippen molar-refractivity contribution in [3.05, 3.63) is 35.4 Å². The Morgan fingerprint density at radius 2 is 2.18 bits per heavy atom. The van der Waals surface area contributed by atoms with E-state index in [2.05, 4.69) is 22.8 Å². The number of carbonyl (C=O) groups excluding carboxylic acids is 1. The summed E-state index contributed by atoms with van der Waals surface area (Å²) in [7, 11) is 0. The van der Waals surface area contributed by atoms with E-state index < -0.39 is 0 Å². The van der Waals surface area contributed by atoms with E-state index in [1.165, 1.54) is 11.1 Å². The molecule has 0 aliphatic carbocycles. The number of carbonyl (C=O) groups is 1. The molecule has 1 heterocycles. The summed E-state index contributed by atoms with van der Waals surface area (Å²) < 4.78 is 0. The molecule has 2 rings (SSSR count). The largest absolute Gasteiger partial charge is 0.396 e. The molecule has 1 amide bonds. The maximum absolute atomic E-state index is 11.8. The molecule has 1 aliphatic rings. The highest BCUT2D eigenvalue weighted by Gasteiger charge is 2.23. The maximum Gasteiger partial charge on any atom is 0.237 e. The summed E-state index contributed by atoms with van der Waals surface area (Å²) in [4.78, 5) is 11.8. The van der Waals surface area contributed by atoms with Gasteiger partial charge in [-0.1, -0.05) is 24.3 Å². The van der Waals surface area contributed by atoms with E-state index in [1.807, 2.05) is 12.1 Å². The molecule has 0 fully saturated rings. The van der Waals surface area contributed by atoms with E-state index >= 15 is 0 Å². The third-order valence-corrected chi connectivity index (χ3v) is 3.03. The predicted molar refractivity (Wildman–Crippen MR) is 65.5 cm³/mol. The smallest absolute Gasteiger partial charge is 0.237 e. The molecule has 0 saturated heterocycles. The highest BCUT2D eigenvalue weighted by molar-refractivity contribution is 5.82. The first kappa shape index (κ1) is 12.1. The van der Waals surface area contributed by atoms with Crippen LogP contribution in [-0.4, -0.2) is 30.2 Å². The number of benzene rings is 1. The second-order valence-electron chi connectivity index (χ2n) is 4.27. The van der Waals surface area contributed by atoms with Gasteiger partial charge in [-0.3, -0.25) is 4.79 Å². The van der Waals surface area contributed by atoms with Crippen LogP contribution in [0.25, 0.3) is 0 Å². The molecule has 0 unspecified atom stereocenters. The van der Waals surface area contributed by atoms with E-state index in [0.29, 0.717) is 13.0 Å². The lowest BCUT2D eigenvalue weighted by Gasteiger charge is -2.25. The van der Waals surface area contributed by atoms with Gasteiger partial charge in [-0.25, -0.2) is 0 Å². The predicted octanol–water partition coefficient (Wildman–Crippen LogP) is 0.199. The maximum atomic E-state index is 11.8. The SMILES string of the molecule is O=C(NCCCO)[C@@H]1Cc2ccccc2CN1. The minimum atomic E-state index is -0.149. The van der Waals surface area contributed by atoms with Crippen LogP contribution >= 0.6 is 0 Å². The van der Waals surface area contributed by atoms with Gasteiger partial charge in [0.1, 0.15) is 0 Å². The van der Waals surface area contributed by atoms with Crippen molar-refractivity contribution in [1.29, 1.82) is 0 Å². The quantitative estimate of drug-likeness (QED) is 0.652. The molecule has 0 aromatic heterocycles. The summed E-state index contributed by atoms with van der Waals surface area (Å²) >= 11 is 0. The van der Waals surface area contributed by atoms with Crippen LogP contribution in [0.5, 0.6) is 0 Å². The molecule has 0 saturated carbocycles. The van der Waals surface area contributed by atoms with E-state index in [-0.39, 0.29) is 18.6 Å². The number of nitrogens with one attached hydrogen (secondary N) is 2. The molecule has 4 nitrogen and oxygen atoms in total. The summed E-state index contributed by atoms with van der Waals surface area (Å²) in [5.41, 5.74) is 2.51. The van der Waals surface area contributed by atoms with Gasteiger partial charge >= 0.3 is 0 Å². The van der Waals surface area contributed by atoms with Crippen molar-refractivity contribution in [3.8, 4) is 0 Å². The van der Waals surface area contributed by atoms with Crippen molar-refractivity contribution in [2.45, 2.75) is 25.4 Å². The topological polar surface area (TPSA) is 61.4 Å². The van der Waals surface area contributed by atoms with Gasteiger partial charge in [0.05, 0.1) is 6.04 Å². The molecule has 17 heavy (non-hydrogen) atoms. The van der Waals surface area contributed by atoms with E-state index in [9.17, 15) is 4.79 Å². The van der Waals surface area contributed by atoms with Crippen molar-refractivity contribution >= 4 is 5.91 Å². The normalized spacial score (nSPS) is 18.5. The summed E-state index contributed by atoms with van der Waals surface area (Å²) in [6, 6.07) is 8.03. The van der Waals surface area contributed by atoms with Gasteiger partial charge in [0.25, 0.3) is 0 Å². The average molecular weight is 234 g/mol. The van der Waals surface area contributed by atoms with E-state index in [1.54, 1.807) is 0 Å². The lowest BCUT2D eigenvalue weighted by Crippen LogP contribution is -2.47. The second kappa shape index (κ2) is 5.80. The van der Waals surface area contributed by atoms with E-state index in [0.717, 1.165) is 13.0 Å². The van der Waals surface area contributed by atoms with Crippen LogP contribution in [0, 0.1) is 0 Å². The summed E-state index contributed by atoms with van der Waals surface area (Å²) in [6.07, 6.45) is 1.34. The lowest BCUT2D eigenvalue weighted by molar-refractivity contribution is -0.123. The van der Waals surface area contributed by atoms with Crippen LogP contribution in [-0.2, 0) is 17.8 Å². The van der Waals surface area contributed by atoms with Crippen LogP contribution in [0.3, 0.4) is 0 Å². The highest BCUT2D eigenvalue weighted by atomic mass is 16.3. The molecule has 4 heteroatoms. The molecular weight excluding hydrogens is 216 g/mol. The van der Waals surface area contributed by atoms with E-state index in [4.69, 9.17) is 5.11 Å². The molecule has 1 aromatic rings. The van der Waals surface area contributed by atoms with Crippen LogP contribution in [0.4, 0.5) is 0 Å². The molecule has 0 bridgehead atoms. The minimum absolute atomic E-state index is 0.0213. The number of hydrogen-bond acceptors (Lipinski definition) is 3. The van der Waals surface area contributed by atoms with Crippen LogP contribution in [0.1, 0.15) is 17.5 Å². The lowest BCUT2D eigenvalue weighted by atomic mass is 9.95. The number of aliphatic hydroxyl groups is 1. The molecular formula is C13H18N2O2. The number of rotatable bonds is 4. The van der Waals surface area contributed by atoms with Gasteiger partial charge in [0, 0.05) is 19.7 Å². The Morgan fingerprint density at radius 1 is 1.41 bits per heavy atom. The zero-order valence-corrected chi connectivity index (χ0v) is 9.78. The number of amides is 1. The molecule has 1 atom stereocenters. The van der Waals surface area contributed by atoms with Crippen molar-refractivity contribution in [3.63, 3.8) is 0 Å². The standard InChI is InChI=1S/C13H18N2O2/c16-7-3-6-14-13(17)12-8-10-4-1-2-5-11(10)9-15-12/h1-2,4-5,12,15-16H,3,6-9H2,(H,14,17)/t12-/m0/s1. The first-order valence-corrected chi connectivity index (χ1v) is 6.00. The van der Waals surface area contributed by atoms with Crippen LogP contribution in [0.15, 0.2) is 24.3 Å². The second-order valence-corrected chi connectivity index (χ2v) is 4.27. The summed E-state index contributed by atoms with van der Waals surface area (Å²) in [5.74, 6) is 0.0213. The molecule has 0 spiro atoms. The van der Waals surface area contributed by atoms with Gasteiger partial charge < -0.3 is 15.7 Å². The molecule has 92 valence electrons. The zero-order valence-electron chi connectivity index (χ0n) is 9.78. The minimum Gasteiger partial charge on any atom is -0.396 e. The summed E-state index contributed by atoms with van der Waals surface area (Å²) in [6.45, 7) is 1.39. The van der Waals surface area contributed by atoms with Gasteiger partial charge in [0.15, 0.2) is 0 Å². The number of fused-ring (bicyclic) bond motifs is 1. The third-order valence-electron chi connectivity index (χ3n) is 3.03. The van der Waals surface area contributed by atoms with Gasteiger partial charge in [-0.2, -0.15) is 0 Å². The fourth-order valence-electron chi connectivity index (χ4n) is 2.05. The Bertz CT molecular complexity index is 393. The fourth-order valence-corrected chi connectivity index (χ4v) is 2.05. The third kappa shape index (κ3) is 3.05. The average Bonchev–Trinajstić information content (AvgIpc) is 2.38.